The van der Waals surface area contributed by atoms with E-state index < -0.39 is 0 Å². The van der Waals surface area contributed by atoms with Gasteiger partial charge in [0.05, 0.1) is 28.9 Å². The lowest BCUT2D eigenvalue weighted by Gasteiger charge is -2.13. The van der Waals surface area contributed by atoms with Gasteiger partial charge in [0.2, 0.25) is 0 Å². The minimum absolute atomic E-state index is 0.172. The molecule has 0 atom stereocenters. The molecule has 0 aliphatic rings. The summed E-state index contributed by atoms with van der Waals surface area (Å²) in [7, 11) is 0. The lowest BCUT2D eigenvalue weighted by Crippen LogP contribution is -2.18. The van der Waals surface area contributed by atoms with Gasteiger partial charge in [-0.15, -0.1) is 0 Å². The van der Waals surface area contributed by atoms with Crippen molar-refractivity contribution in [3.8, 4) is 0 Å². The summed E-state index contributed by atoms with van der Waals surface area (Å²) in [5.74, 6) is -0.172. The van der Waals surface area contributed by atoms with Crippen LogP contribution in [0.15, 0.2) is 77.4 Å². The maximum absolute atomic E-state index is 13.5. The molecule has 6 heteroatoms. The van der Waals surface area contributed by atoms with E-state index >= 15 is 0 Å². The molecule has 0 bridgehead atoms. The average Bonchev–Trinajstić information content (AvgIpc) is 3.50. The normalized spacial score (nSPS) is 11.3. The van der Waals surface area contributed by atoms with Gasteiger partial charge in [-0.05, 0) is 43.9 Å². The van der Waals surface area contributed by atoms with Gasteiger partial charge in [-0.1, -0.05) is 54.6 Å². The lowest BCUT2D eigenvalue weighted by molar-refractivity contribution is 0.101. The highest BCUT2D eigenvalue weighted by Gasteiger charge is 2.21. The number of amides is 1. The zero-order chi connectivity index (χ0) is 23.7. The number of fused-ring (bicyclic) bond motifs is 1. The molecule has 0 saturated heterocycles. The van der Waals surface area contributed by atoms with Crippen LogP contribution >= 0.6 is 0 Å². The third-order valence-corrected chi connectivity index (χ3v) is 6.42. The highest BCUT2D eigenvalue weighted by molar-refractivity contribution is 6.06. The summed E-state index contributed by atoms with van der Waals surface area (Å²) in [5, 5.41) is 7.80. The van der Waals surface area contributed by atoms with Crippen LogP contribution < -0.4 is 5.32 Å². The molecule has 0 aliphatic heterocycles. The number of hydrogen-bond donors (Lipinski definition) is 1. The minimum atomic E-state index is -0.172. The zero-order valence-electron chi connectivity index (χ0n) is 19.7. The number of hydrogen-bond acceptors (Lipinski definition) is 3. The molecule has 0 spiro atoms. The Morgan fingerprint density at radius 2 is 1.76 bits per heavy atom. The molecule has 2 aromatic carbocycles. The van der Waals surface area contributed by atoms with Crippen LogP contribution in [0.25, 0.3) is 11.1 Å². The molecule has 0 aliphatic carbocycles. The number of furan rings is 1. The van der Waals surface area contributed by atoms with Crippen molar-refractivity contribution in [2.75, 3.05) is 5.32 Å². The van der Waals surface area contributed by atoms with Crippen LogP contribution in [0, 0.1) is 20.8 Å². The van der Waals surface area contributed by atoms with E-state index in [9.17, 15) is 4.79 Å². The number of benzene rings is 2. The highest BCUT2D eigenvalue weighted by Crippen LogP contribution is 2.26. The molecule has 0 unspecified atom stereocenters. The van der Waals surface area contributed by atoms with E-state index in [0.29, 0.717) is 17.8 Å². The average molecular weight is 453 g/mol. The Hall–Kier alpha value is -4.06. The van der Waals surface area contributed by atoms with E-state index in [-0.39, 0.29) is 5.91 Å². The molecule has 5 rings (SSSR count). The number of carbonyl (C=O) groups excluding carboxylic acids is 1. The van der Waals surface area contributed by atoms with E-state index in [0.717, 1.165) is 41.1 Å². The number of nitrogens with zero attached hydrogens (tertiary/aromatic N) is 3. The predicted molar refractivity (Wildman–Crippen MR) is 134 cm³/mol. The van der Waals surface area contributed by atoms with Gasteiger partial charge in [-0.25, -0.2) is 0 Å². The standard InChI is InChI=1S/C28H28N4O2/c1-19-9-7-8-12-23(19)18-31-24-14-16-34-26(24)17-25(31)28(33)29-27-20(2)30-32(21(27)3)15-13-22-10-5-4-6-11-22/h4-12,14,16-17H,13,15,18H2,1-3H3,(H,29,33). The first kappa shape index (κ1) is 21.8. The van der Waals surface area contributed by atoms with E-state index in [1.54, 1.807) is 6.26 Å². The Bertz CT molecular complexity index is 1460. The van der Waals surface area contributed by atoms with E-state index in [2.05, 4.69) is 41.6 Å². The number of nitrogens with one attached hydrogen (secondary N) is 1. The summed E-state index contributed by atoms with van der Waals surface area (Å²) in [5.41, 5.74) is 8.29. The molecule has 1 N–H and O–H groups in total. The highest BCUT2D eigenvalue weighted by atomic mass is 16.3. The van der Waals surface area contributed by atoms with Gasteiger partial charge in [0.25, 0.3) is 5.91 Å². The first-order valence-corrected chi connectivity index (χ1v) is 11.5. The third kappa shape index (κ3) is 4.15. The number of rotatable bonds is 7. The van der Waals surface area contributed by atoms with Crippen molar-refractivity contribution in [2.24, 2.45) is 0 Å². The fourth-order valence-electron chi connectivity index (χ4n) is 4.45. The van der Waals surface area contributed by atoms with Gasteiger partial charge in [0, 0.05) is 25.2 Å². The van der Waals surface area contributed by atoms with Crippen LogP contribution in [0.2, 0.25) is 0 Å². The predicted octanol–water partition coefficient (Wildman–Crippen LogP) is 5.90. The second kappa shape index (κ2) is 9.06. The maximum Gasteiger partial charge on any atom is 0.272 e. The second-order valence-electron chi connectivity index (χ2n) is 8.67. The van der Waals surface area contributed by atoms with Crippen molar-refractivity contribution >= 4 is 22.7 Å². The van der Waals surface area contributed by atoms with Crippen LogP contribution in [0.3, 0.4) is 0 Å². The van der Waals surface area contributed by atoms with Crippen molar-refractivity contribution in [1.29, 1.82) is 0 Å². The van der Waals surface area contributed by atoms with Crippen molar-refractivity contribution in [2.45, 2.75) is 40.3 Å². The Balaban J connectivity index is 1.41. The number of carbonyl (C=O) groups is 1. The molecule has 3 aromatic heterocycles. The molecule has 0 saturated carbocycles. The van der Waals surface area contributed by atoms with Crippen LogP contribution in [0.1, 0.15) is 38.6 Å². The Morgan fingerprint density at radius 3 is 2.56 bits per heavy atom. The molecule has 34 heavy (non-hydrogen) atoms. The minimum Gasteiger partial charge on any atom is -0.463 e. The molecule has 6 nitrogen and oxygen atoms in total. The molecule has 0 radical (unpaired) electrons. The van der Waals surface area contributed by atoms with Crippen molar-refractivity contribution in [1.82, 2.24) is 14.3 Å². The van der Waals surface area contributed by atoms with E-state index in [1.807, 2.05) is 65.6 Å². The summed E-state index contributed by atoms with van der Waals surface area (Å²) in [6.07, 6.45) is 2.54. The first-order valence-electron chi connectivity index (χ1n) is 11.5. The van der Waals surface area contributed by atoms with Crippen LogP contribution in [0.5, 0.6) is 0 Å². The summed E-state index contributed by atoms with van der Waals surface area (Å²) in [6.45, 7) is 7.36. The molecular weight excluding hydrogens is 424 g/mol. The van der Waals surface area contributed by atoms with Gasteiger partial charge >= 0.3 is 0 Å². The number of aromatic nitrogens is 3. The Morgan fingerprint density at radius 1 is 1.00 bits per heavy atom. The number of aryl methyl sites for hydroxylation is 4. The van der Waals surface area contributed by atoms with Gasteiger partial charge in [-0.3, -0.25) is 9.48 Å². The lowest BCUT2D eigenvalue weighted by atomic mass is 10.1. The largest absolute Gasteiger partial charge is 0.463 e. The summed E-state index contributed by atoms with van der Waals surface area (Å²) >= 11 is 0. The van der Waals surface area contributed by atoms with Crippen molar-refractivity contribution in [3.05, 3.63) is 107 Å². The smallest absolute Gasteiger partial charge is 0.272 e. The Labute approximate surface area is 198 Å². The van der Waals surface area contributed by atoms with E-state index in [4.69, 9.17) is 4.42 Å². The SMILES string of the molecule is Cc1ccccc1Cn1c(C(=O)Nc2c(C)nn(CCc3ccccc3)c2C)cc2occc21. The molecular formula is C28H28N4O2. The molecule has 3 heterocycles. The maximum atomic E-state index is 13.5. The summed E-state index contributed by atoms with van der Waals surface area (Å²) in [4.78, 5) is 13.5. The van der Waals surface area contributed by atoms with Crippen LogP contribution in [-0.4, -0.2) is 20.3 Å². The zero-order valence-corrected chi connectivity index (χ0v) is 19.7. The van der Waals surface area contributed by atoms with E-state index in [1.165, 1.54) is 11.1 Å². The first-order chi connectivity index (χ1) is 16.5. The van der Waals surface area contributed by atoms with Crippen molar-refractivity contribution < 1.29 is 9.21 Å². The molecule has 1 amide bonds. The van der Waals surface area contributed by atoms with Crippen molar-refractivity contribution in [3.63, 3.8) is 0 Å². The van der Waals surface area contributed by atoms with Crippen LogP contribution in [-0.2, 0) is 19.5 Å². The second-order valence-corrected chi connectivity index (χ2v) is 8.67. The third-order valence-electron chi connectivity index (χ3n) is 6.42. The fraction of sp³-hybridized carbons (Fsp3) is 0.214. The van der Waals surface area contributed by atoms with Crippen LogP contribution in [0.4, 0.5) is 5.69 Å². The summed E-state index contributed by atoms with van der Waals surface area (Å²) in [6, 6.07) is 22.3. The molecule has 0 fully saturated rings. The quantitative estimate of drug-likeness (QED) is 0.334. The van der Waals surface area contributed by atoms with Gasteiger partial charge in [0.1, 0.15) is 5.69 Å². The molecule has 5 aromatic rings. The summed E-state index contributed by atoms with van der Waals surface area (Å²) < 4.78 is 9.60. The van der Waals surface area contributed by atoms with Gasteiger partial charge in [-0.2, -0.15) is 5.10 Å². The van der Waals surface area contributed by atoms with Gasteiger partial charge < -0.3 is 14.3 Å². The topological polar surface area (TPSA) is 65.0 Å². The number of anilines is 1. The molecule has 172 valence electrons. The monoisotopic (exact) mass is 452 g/mol. The Kier molecular flexibility index (Phi) is 5.80. The van der Waals surface area contributed by atoms with Gasteiger partial charge in [0.15, 0.2) is 5.58 Å². The fourth-order valence-corrected chi connectivity index (χ4v) is 4.45.